The molecule has 0 spiro atoms. The van der Waals surface area contributed by atoms with Crippen LogP contribution in [0.15, 0.2) is 152 Å². The number of hydrogen-bond donors (Lipinski definition) is 1. The van der Waals surface area contributed by atoms with Crippen LogP contribution in [0, 0.1) is 0 Å². The third-order valence-electron chi connectivity index (χ3n) is 7.71. The second kappa shape index (κ2) is 8.99. The molecule has 0 atom stereocenters. The summed E-state index contributed by atoms with van der Waals surface area (Å²) in [5, 5.41) is 13.1. The Hall–Kier alpha value is -4.72. The van der Waals surface area contributed by atoms with E-state index in [1.807, 2.05) is 24.3 Å². The minimum Gasteiger partial charge on any atom is -0.376 e. The van der Waals surface area contributed by atoms with E-state index in [9.17, 15) is 5.11 Å². The maximum absolute atomic E-state index is 13.1. The van der Waals surface area contributed by atoms with Crippen LogP contribution in [0.3, 0.4) is 0 Å². The van der Waals surface area contributed by atoms with E-state index >= 15 is 0 Å². The molecule has 0 unspecified atom stereocenters. The molecule has 180 valence electrons. The van der Waals surface area contributed by atoms with Crippen molar-refractivity contribution in [2.24, 2.45) is 0 Å². The van der Waals surface area contributed by atoms with Crippen LogP contribution < -0.4 is 0 Å². The molecule has 1 aliphatic carbocycles. The smallest absolute Gasteiger partial charge is 0.141 e. The van der Waals surface area contributed by atoms with Gasteiger partial charge in [-0.3, -0.25) is 0 Å². The van der Waals surface area contributed by atoms with Crippen molar-refractivity contribution in [3.63, 3.8) is 0 Å². The summed E-state index contributed by atoms with van der Waals surface area (Å²) >= 11 is 0. The second-order valence-electron chi connectivity index (χ2n) is 9.88. The van der Waals surface area contributed by atoms with E-state index in [-0.39, 0.29) is 0 Å². The average molecular weight is 487 g/mol. The van der Waals surface area contributed by atoms with Gasteiger partial charge < -0.3 is 5.11 Å². The highest BCUT2D eigenvalue weighted by Gasteiger charge is 2.40. The van der Waals surface area contributed by atoms with Crippen LogP contribution in [0.5, 0.6) is 0 Å². The van der Waals surface area contributed by atoms with Gasteiger partial charge in [0, 0.05) is 11.1 Å². The standard InChI is InChI=1S/C37H26O/c38-37(30-24-28(26-13-3-1-4-14-26)23-29(25-30)27-15-5-2-6-16-27)35-21-11-9-19-33(35)31-17-7-8-18-32(31)34-20-10-12-22-36(34)37/h1-25,38H. The van der Waals surface area contributed by atoms with Gasteiger partial charge in [-0.05, 0) is 68.3 Å². The minimum absolute atomic E-state index is 0.852. The molecule has 0 saturated heterocycles. The zero-order chi connectivity index (χ0) is 25.5. The van der Waals surface area contributed by atoms with Crippen LogP contribution in [0.1, 0.15) is 16.7 Å². The summed E-state index contributed by atoms with van der Waals surface area (Å²) in [6.45, 7) is 0. The number of rotatable bonds is 3. The van der Waals surface area contributed by atoms with E-state index < -0.39 is 5.60 Å². The SMILES string of the molecule is OC1(c2cc(-c3ccccc3)cc(-c3ccccc3)c2)c2ccccc2-c2ccccc2-c2ccccc21. The molecule has 1 heteroatoms. The van der Waals surface area contributed by atoms with Gasteiger partial charge in [-0.15, -0.1) is 0 Å². The van der Waals surface area contributed by atoms with Crippen molar-refractivity contribution in [3.05, 3.63) is 168 Å². The number of aliphatic hydroxyl groups is 1. The Bertz CT molecular complexity index is 1640. The fraction of sp³-hybridized carbons (Fsp3) is 0.0270. The molecular formula is C37H26O. The molecule has 0 fully saturated rings. The van der Waals surface area contributed by atoms with Gasteiger partial charge in [0.25, 0.3) is 0 Å². The van der Waals surface area contributed by atoms with Gasteiger partial charge in [-0.2, -0.15) is 0 Å². The number of fused-ring (bicyclic) bond motifs is 5. The molecule has 0 amide bonds. The van der Waals surface area contributed by atoms with Crippen molar-refractivity contribution < 1.29 is 5.11 Å². The lowest BCUT2D eigenvalue weighted by Gasteiger charge is -2.32. The third-order valence-corrected chi connectivity index (χ3v) is 7.71. The maximum atomic E-state index is 13.1. The highest BCUT2D eigenvalue weighted by Crippen LogP contribution is 2.51. The number of hydrogen-bond acceptors (Lipinski definition) is 1. The van der Waals surface area contributed by atoms with Gasteiger partial charge >= 0.3 is 0 Å². The van der Waals surface area contributed by atoms with Crippen molar-refractivity contribution in [1.82, 2.24) is 0 Å². The first-order valence-electron chi connectivity index (χ1n) is 13.0. The average Bonchev–Trinajstić information content (AvgIpc) is 3.10. The molecule has 38 heavy (non-hydrogen) atoms. The predicted molar refractivity (Wildman–Crippen MR) is 157 cm³/mol. The first-order valence-corrected chi connectivity index (χ1v) is 13.0. The van der Waals surface area contributed by atoms with Crippen LogP contribution in [-0.4, -0.2) is 5.11 Å². The van der Waals surface area contributed by atoms with E-state index in [0.717, 1.165) is 61.2 Å². The van der Waals surface area contributed by atoms with Crippen LogP contribution in [0.25, 0.3) is 44.5 Å². The molecule has 0 radical (unpaired) electrons. The summed E-state index contributed by atoms with van der Waals surface area (Å²) in [5.41, 5.74) is 10.0. The topological polar surface area (TPSA) is 20.2 Å². The molecule has 0 saturated carbocycles. The fourth-order valence-electron chi connectivity index (χ4n) is 5.91. The Morgan fingerprint density at radius 2 is 0.711 bits per heavy atom. The Kier molecular flexibility index (Phi) is 5.32. The molecule has 6 aromatic rings. The molecule has 0 heterocycles. The largest absolute Gasteiger partial charge is 0.376 e. The molecule has 0 bridgehead atoms. The van der Waals surface area contributed by atoms with Crippen LogP contribution in [0.2, 0.25) is 0 Å². The summed E-state index contributed by atoms with van der Waals surface area (Å²) in [6.07, 6.45) is 0. The Labute approximate surface area is 223 Å². The second-order valence-corrected chi connectivity index (χ2v) is 9.88. The van der Waals surface area contributed by atoms with Gasteiger partial charge in [0.05, 0.1) is 0 Å². The highest BCUT2D eigenvalue weighted by atomic mass is 16.3. The summed E-state index contributed by atoms with van der Waals surface area (Å²) in [5.74, 6) is 0. The quantitative estimate of drug-likeness (QED) is 0.265. The first kappa shape index (κ1) is 22.5. The third kappa shape index (κ3) is 3.52. The number of benzene rings is 6. The molecule has 7 rings (SSSR count). The highest BCUT2D eigenvalue weighted by molar-refractivity contribution is 5.91. The van der Waals surface area contributed by atoms with Gasteiger partial charge in [-0.25, -0.2) is 0 Å². The summed E-state index contributed by atoms with van der Waals surface area (Å²) in [4.78, 5) is 0. The van der Waals surface area contributed by atoms with Gasteiger partial charge in [0.2, 0.25) is 0 Å². The molecule has 1 N–H and O–H groups in total. The van der Waals surface area contributed by atoms with Crippen LogP contribution in [-0.2, 0) is 5.60 Å². The molecule has 1 aliphatic rings. The molecule has 1 nitrogen and oxygen atoms in total. The van der Waals surface area contributed by atoms with Crippen LogP contribution in [0.4, 0.5) is 0 Å². The summed E-state index contributed by atoms with van der Waals surface area (Å²) in [7, 11) is 0. The first-order chi connectivity index (χ1) is 18.7. The monoisotopic (exact) mass is 486 g/mol. The van der Waals surface area contributed by atoms with Crippen molar-refractivity contribution in [1.29, 1.82) is 0 Å². The van der Waals surface area contributed by atoms with E-state index in [4.69, 9.17) is 0 Å². The summed E-state index contributed by atoms with van der Waals surface area (Å²) < 4.78 is 0. The molecular weight excluding hydrogens is 460 g/mol. The Morgan fingerprint density at radius 3 is 1.16 bits per heavy atom. The van der Waals surface area contributed by atoms with Crippen molar-refractivity contribution >= 4 is 0 Å². The van der Waals surface area contributed by atoms with Crippen molar-refractivity contribution in [3.8, 4) is 44.5 Å². The molecule has 0 aliphatic heterocycles. The van der Waals surface area contributed by atoms with Gasteiger partial charge in [0.1, 0.15) is 5.60 Å². The maximum Gasteiger partial charge on any atom is 0.141 e. The zero-order valence-corrected chi connectivity index (χ0v) is 20.9. The fourth-order valence-corrected chi connectivity index (χ4v) is 5.91. The lowest BCUT2D eigenvalue weighted by Crippen LogP contribution is -2.29. The lowest BCUT2D eigenvalue weighted by atomic mass is 9.76. The van der Waals surface area contributed by atoms with Gasteiger partial charge in [-0.1, -0.05) is 133 Å². The van der Waals surface area contributed by atoms with Crippen molar-refractivity contribution in [2.45, 2.75) is 5.60 Å². The minimum atomic E-state index is -1.36. The van der Waals surface area contributed by atoms with E-state index in [2.05, 4.69) is 127 Å². The molecule has 6 aromatic carbocycles. The van der Waals surface area contributed by atoms with Crippen molar-refractivity contribution in [2.75, 3.05) is 0 Å². The van der Waals surface area contributed by atoms with E-state index in [1.54, 1.807) is 0 Å². The van der Waals surface area contributed by atoms with E-state index in [0.29, 0.717) is 0 Å². The summed E-state index contributed by atoms with van der Waals surface area (Å²) in [6, 6.07) is 52.4. The van der Waals surface area contributed by atoms with Crippen LogP contribution >= 0.6 is 0 Å². The van der Waals surface area contributed by atoms with E-state index in [1.165, 1.54) is 0 Å². The predicted octanol–water partition coefficient (Wildman–Crippen LogP) is 8.95. The Morgan fingerprint density at radius 1 is 0.342 bits per heavy atom. The lowest BCUT2D eigenvalue weighted by molar-refractivity contribution is 0.127. The Balaban J connectivity index is 1.59. The normalized spacial score (nSPS) is 13.1. The zero-order valence-electron chi connectivity index (χ0n) is 20.9. The molecule has 0 aromatic heterocycles. The van der Waals surface area contributed by atoms with Gasteiger partial charge in [0.15, 0.2) is 0 Å².